The first-order valence-electron chi connectivity index (χ1n) is 14.1. The van der Waals surface area contributed by atoms with Gasteiger partial charge in [0.2, 0.25) is 0 Å². The fourth-order valence-electron chi connectivity index (χ4n) is 5.71. The highest BCUT2D eigenvalue weighted by molar-refractivity contribution is 6.09. The lowest BCUT2D eigenvalue weighted by molar-refractivity contribution is -0.148. The maximum Gasteiger partial charge on any atom is 0.317 e. The van der Waals surface area contributed by atoms with E-state index in [0.717, 1.165) is 25.7 Å². The van der Waals surface area contributed by atoms with E-state index in [4.69, 9.17) is 4.74 Å². The molecule has 1 aromatic rings. The standard InChI is InChI=1S/C32H48O4/c1-6-7-8-9-10-11-12-16-22-36-31(35)28(30(34)26-19-14-13-15-20-26)25(3)23-27(33)29-24(2)18-17-21-32(29,4)5/h13-15,17-20,24-25,28-29H,6-12,16,21-23H2,1-5H3. The quantitative estimate of drug-likeness (QED) is 0.0764. The van der Waals surface area contributed by atoms with Gasteiger partial charge in [0.1, 0.15) is 11.7 Å². The van der Waals surface area contributed by atoms with E-state index in [9.17, 15) is 14.4 Å². The number of rotatable bonds is 16. The number of carbonyl (C=O) groups excluding carboxylic acids is 3. The van der Waals surface area contributed by atoms with Crippen molar-refractivity contribution in [3.05, 3.63) is 48.0 Å². The summed E-state index contributed by atoms with van der Waals surface area (Å²) in [7, 11) is 0. The average molecular weight is 497 g/mol. The van der Waals surface area contributed by atoms with Gasteiger partial charge in [0.05, 0.1) is 6.61 Å². The predicted molar refractivity (Wildman–Crippen MR) is 147 cm³/mol. The molecular weight excluding hydrogens is 448 g/mol. The molecular formula is C32H48O4. The summed E-state index contributed by atoms with van der Waals surface area (Å²) in [6, 6.07) is 8.90. The molecule has 0 bridgehead atoms. The zero-order chi connectivity index (χ0) is 26.6. The van der Waals surface area contributed by atoms with E-state index in [2.05, 4.69) is 39.8 Å². The minimum Gasteiger partial charge on any atom is -0.465 e. The van der Waals surface area contributed by atoms with Gasteiger partial charge in [-0.2, -0.15) is 0 Å². The zero-order valence-electron chi connectivity index (χ0n) is 23.3. The maximum absolute atomic E-state index is 13.4. The number of esters is 1. The van der Waals surface area contributed by atoms with Crippen LogP contribution in [-0.2, 0) is 14.3 Å². The van der Waals surface area contributed by atoms with Gasteiger partial charge in [-0.05, 0) is 30.1 Å². The van der Waals surface area contributed by atoms with Crippen molar-refractivity contribution in [1.82, 2.24) is 0 Å². The first kappa shape index (κ1) is 30.0. The topological polar surface area (TPSA) is 60.4 Å². The van der Waals surface area contributed by atoms with Gasteiger partial charge >= 0.3 is 5.97 Å². The number of hydrogen-bond donors (Lipinski definition) is 0. The second-order valence-corrected chi connectivity index (χ2v) is 11.5. The molecule has 0 saturated carbocycles. The first-order chi connectivity index (χ1) is 17.2. The summed E-state index contributed by atoms with van der Waals surface area (Å²) < 4.78 is 5.62. The van der Waals surface area contributed by atoms with Gasteiger partial charge in [-0.25, -0.2) is 0 Å². The fourth-order valence-corrected chi connectivity index (χ4v) is 5.71. The monoisotopic (exact) mass is 496 g/mol. The fraction of sp³-hybridized carbons (Fsp3) is 0.656. The Labute approximate surface area is 219 Å². The molecule has 0 saturated heterocycles. The second-order valence-electron chi connectivity index (χ2n) is 11.5. The molecule has 4 heteroatoms. The Hall–Kier alpha value is -2.23. The van der Waals surface area contributed by atoms with E-state index >= 15 is 0 Å². The number of ether oxygens (including phenoxy) is 1. The molecule has 1 aliphatic rings. The third kappa shape index (κ3) is 9.01. The van der Waals surface area contributed by atoms with E-state index in [1.165, 1.54) is 32.1 Å². The number of benzene rings is 1. The number of carbonyl (C=O) groups is 3. The van der Waals surface area contributed by atoms with Crippen molar-refractivity contribution in [2.75, 3.05) is 6.61 Å². The number of ketones is 2. The van der Waals surface area contributed by atoms with Crippen LogP contribution in [0.25, 0.3) is 0 Å². The Morgan fingerprint density at radius 3 is 2.19 bits per heavy atom. The molecule has 1 aliphatic carbocycles. The van der Waals surface area contributed by atoms with Crippen LogP contribution in [0.1, 0.15) is 109 Å². The Kier molecular flexibility index (Phi) is 12.6. The van der Waals surface area contributed by atoms with Crippen molar-refractivity contribution in [1.29, 1.82) is 0 Å². The third-order valence-electron chi connectivity index (χ3n) is 7.73. The van der Waals surface area contributed by atoms with E-state index in [-0.39, 0.29) is 35.2 Å². The first-order valence-corrected chi connectivity index (χ1v) is 14.1. The Morgan fingerprint density at radius 1 is 0.972 bits per heavy atom. The molecule has 4 unspecified atom stereocenters. The largest absolute Gasteiger partial charge is 0.465 e. The molecule has 0 amide bonds. The van der Waals surface area contributed by atoms with E-state index in [0.29, 0.717) is 12.2 Å². The van der Waals surface area contributed by atoms with Crippen molar-refractivity contribution in [3.8, 4) is 0 Å². The third-order valence-corrected chi connectivity index (χ3v) is 7.73. The normalized spacial score (nSPS) is 20.5. The van der Waals surface area contributed by atoms with Crippen molar-refractivity contribution >= 4 is 17.5 Å². The Balaban J connectivity index is 2.01. The highest BCUT2D eigenvalue weighted by atomic mass is 16.5. The van der Waals surface area contributed by atoms with Gasteiger partial charge in [0, 0.05) is 17.9 Å². The Morgan fingerprint density at radius 2 is 1.58 bits per heavy atom. The van der Waals surface area contributed by atoms with Crippen LogP contribution in [0.4, 0.5) is 0 Å². The lowest BCUT2D eigenvalue weighted by atomic mass is 9.64. The van der Waals surface area contributed by atoms with Crippen LogP contribution in [0.3, 0.4) is 0 Å². The van der Waals surface area contributed by atoms with Crippen LogP contribution in [0.2, 0.25) is 0 Å². The highest BCUT2D eigenvalue weighted by Gasteiger charge is 2.42. The summed E-state index contributed by atoms with van der Waals surface area (Å²) in [4.78, 5) is 40.1. The molecule has 4 atom stereocenters. The van der Waals surface area contributed by atoms with Gasteiger partial charge in [0.15, 0.2) is 5.78 Å². The highest BCUT2D eigenvalue weighted by Crippen LogP contribution is 2.42. The number of allylic oxidation sites excluding steroid dienone is 2. The van der Waals surface area contributed by atoms with Crippen LogP contribution in [0.15, 0.2) is 42.5 Å². The summed E-state index contributed by atoms with van der Waals surface area (Å²) >= 11 is 0. The molecule has 200 valence electrons. The van der Waals surface area contributed by atoms with Crippen molar-refractivity contribution in [3.63, 3.8) is 0 Å². The van der Waals surface area contributed by atoms with E-state index in [1.54, 1.807) is 24.3 Å². The number of unbranched alkanes of at least 4 members (excludes halogenated alkanes) is 7. The van der Waals surface area contributed by atoms with Crippen LogP contribution >= 0.6 is 0 Å². The Bertz CT molecular complexity index is 854. The average Bonchev–Trinajstić information content (AvgIpc) is 2.83. The SMILES string of the molecule is CCCCCCCCCCOC(=O)C(C(=O)c1ccccc1)C(C)CC(=O)C1C(C)C=CCC1(C)C. The second kappa shape index (κ2) is 15.1. The summed E-state index contributed by atoms with van der Waals surface area (Å²) in [5.41, 5.74) is 0.348. The van der Waals surface area contributed by atoms with Crippen molar-refractivity contribution < 1.29 is 19.1 Å². The zero-order valence-corrected chi connectivity index (χ0v) is 23.3. The number of hydrogen-bond acceptors (Lipinski definition) is 4. The summed E-state index contributed by atoms with van der Waals surface area (Å²) in [6.45, 7) is 10.7. The van der Waals surface area contributed by atoms with Crippen molar-refractivity contribution in [2.45, 2.75) is 98.8 Å². The molecule has 2 rings (SSSR count). The van der Waals surface area contributed by atoms with E-state index in [1.807, 2.05) is 13.0 Å². The van der Waals surface area contributed by atoms with E-state index < -0.39 is 17.8 Å². The smallest absolute Gasteiger partial charge is 0.317 e. The predicted octanol–water partition coefficient (Wildman–Crippen LogP) is 8.00. The molecule has 0 spiro atoms. The minimum atomic E-state index is -0.969. The summed E-state index contributed by atoms with van der Waals surface area (Å²) in [5, 5.41) is 0. The lowest BCUT2D eigenvalue weighted by Crippen LogP contribution is -2.40. The van der Waals surface area contributed by atoms with Gasteiger partial charge in [-0.15, -0.1) is 0 Å². The molecule has 0 N–H and O–H groups in total. The van der Waals surface area contributed by atoms with Gasteiger partial charge < -0.3 is 4.74 Å². The van der Waals surface area contributed by atoms with Crippen LogP contribution in [0, 0.1) is 29.1 Å². The molecule has 36 heavy (non-hydrogen) atoms. The van der Waals surface area contributed by atoms with Crippen LogP contribution in [0.5, 0.6) is 0 Å². The lowest BCUT2D eigenvalue weighted by Gasteiger charge is -2.39. The minimum absolute atomic E-state index is 0.120. The van der Waals surface area contributed by atoms with Crippen LogP contribution < -0.4 is 0 Å². The van der Waals surface area contributed by atoms with Gasteiger partial charge in [0.25, 0.3) is 0 Å². The molecule has 0 radical (unpaired) electrons. The van der Waals surface area contributed by atoms with Crippen molar-refractivity contribution in [2.24, 2.45) is 29.1 Å². The maximum atomic E-state index is 13.4. The summed E-state index contributed by atoms with van der Waals surface area (Å²) in [5.74, 6) is -1.99. The van der Waals surface area contributed by atoms with Crippen LogP contribution in [-0.4, -0.2) is 24.1 Å². The number of Topliss-reactive ketones (excluding diaryl/α,β-unsaturated/α-hetero) is 2. The summed E-state index contributed by atoms with van der Waals surface area (Å²) in [6.07, 6.45) is 14.6. The van der Waals surface area contributed by atoms with Gasteiger partial charge in [-0.3, -0.25) is 14.4 Å². The molecule has 1 aromatic carbocycles. The molecule has 0 heterocycles. The molecule has 4 nitrogen and oxygen atoms in total. The molecule has 0 fully saturated rings. The van der Waals surface area contributed by atoms with Gasteiger partial charge in [-0.1, -0.05) is 122 Å². The molecule has 0 aromatic heterocycles. The molecule has 0 aliphatic heterocycles.